The zero-order valence-corrected chi connectivity index (χ0v) is 12.5. The van der Waals surface area contributed by atoms with Gasteiger partial charge in [-0.15, -0.1) is 0 Å². The van der Waals surface area contributed by atoms with Crippen LogP contribution < -0.4 is 5.32 Å². The average molecular weight is 311 g/mol. The molecule has 1 rings (SSSR count). The number of amides is 2. The van der Waals surface area contributed by atoms with Gasteiger partial charge in [0.2, 0.25) is 5.91 Å². The molecule has 8 heteroatoms. The molecule has 1 saturated heterocycles. The maximum atomic E-state index is 11.5. The van der Waals surface area contributed by atoms with Gasteiger partial charge in [0.25, 0.3) is 0 Å². The number of carbonyl (C=O) groups excluding carboxylic acids is 1. The Hall–Kier alpha value is -2.11. The summed E-state index contributed by atoms with van der Waals surface area (Å²) >= 11 is 0. The van der Waals surface area contributed by atoms with Crippen molar-refractivity contribution < 1.29 is 24.9 Å². The van der Waals surface area contributed by atoms with E-state index < -0.39 is 42.8 Å². The molecule has 0 aliphatic carbocycles. The molecule has 4 N–H and O–H groups in total. The van der Waals surface area contributed by atoms with Crippen molar-refractivity contribution >= 4 is 12.0 Å². The van der Waals surface area contributed by atoms with Gasteiger partial charge in [0, 0.05) is 12.8 Å². The van der Waals surface area contributed by atoms with Gasteiger partial charge in [-0.2, -0.15) is 5.26 Å². The maximum absolute atomic E-state index is 11.5. The summed E-state index contributed by atoms with van der Waals surface area (Å²) < 4.78 is 0. The number of aliphatic hydroxyl groups is 2. The van der Waals surface area contributed by atoms with E-state index in [9.17, 15) is 30.2 Å². The van der Waals surface area contributed by atoms with Crippen LogP contribution in [0.4, 0.5) is 4.79 Å². The fourth-order valence-electron chi connectivity index (χ4n) is 2.94. The Morgan fingerprint density at radius 3 is 2.59 bits per heavy atom. The van der Waals surface area contributed by atoms with E-state index >= 15 is 0 Å². The summed E-state index contributed by atoms with van der Waals surface area (Å²) in [5, 5.41) is 40.2. The molecule has 122 valence electrons. The number of allylic oxidation sites excluding steroid dienone is 1. The number of nitrogens with one attached hydrogen (secondary N) is 1. The molecule has 8 nitrogen and oxygen atoms in total. The van der Waals surface area contributed by atoms with Gasteiger partial charge in [-0.25, -0.2) is 4.79 Å². The summed E-state index contributed by atoms with van der Waals surface area (Å²) in [5.41, 5.74) is 0. The zero-order valence-electron chi connectivity index (χ0n) is 12.5. The van der Waals surface area contributed by atoms with Crippen molar-refractivity contribution in [2.45, 2.75) is 44.5 Å². The number of aliphatic hydroxyl groups excluding tert-OH is 2. The summed E-state index contributed by atoms with van der Waals surface area (Å²) in [4.78, 5) is 23.8. The second-order valence-corrected chi connectivity index (χ2v) is 5.23. The summed E-state index contributed by atoms with van der Waals surface area (Å²) in [7, 11) is 0. The van der Waals surface area contributed by atoms with Crippen LogP contribution in [0.3, 0.4) is 0 Å². The minimum absolute atomic E-state index is 0.270. The van der Waals surface area contributed by atoms with Gasteiger partial charge in [0.1, 0.15) is 6.04 Å². The van der Waals surface area contributed by atoms with Gasteiger partial charge in [-0.3, -0.25) is 9.69 Å². The molecule has 0 bridgehead atoms. The van der Waals surface area contributed by atoms with Crippen LogP contribution in [0.1, 0.15) is 20.3 Å². The first-order valence-corrected chi connectivity index (χ1v) is 6.97. The number of hydrogen-bond acceptors (Lipinski definition) is 5. The van der Waals surface area contributed by atoms with E-state index in [1.54, 1.807) is 19.1 Å². The number of carbonyl (C=O) groups is 2. The highest BCUT2D eigenvalue weighted by Crippen LogP contribution is 2.34. The third-order valence-electron chi connectivity index (χ3n) is 3.74. The van der Waals surface area contributed by atoms with Crippen molar-refractivity contribution in [2.24, 2.45) is 5.92 Å². The average Bonchev–Trinajstić information content (AvgIpc) is 2.82. The van der Waals surface area contributed by atoms with Crippen molar-refractivity contribution in [2.75, 3.05) is 6.61 Å². The minimum Gasteiger partial charge on any atom is -0.465 e. The normalized spacial score (nSPS) is 27.4. The number of likely N-dealkylation sites (tertiary alicyclic amines) is 1. The molecule has 0 aromatic carbocycles. The SMILES string of the molecule is C/C=C\[C@@H]1C[C@H](C#N)N(C(=O)O)[C@H]1[C@@H](NC(C)=O)[C@H](O)CO. The first-order valence-electron chi connectivity index (χ1n) is 6.97. The smallest absolute Gasteiger partial charge is 0.408 e. The molecule has 1 aliphatic heterocycles. The lowest BCUT2D eigenvalue weighted by molar-refractivity contribution is -0.121. The largest absolute Gasteiger partial charge is 0.465 e. The summed E-state index contributed by atoms with van der Waals surface area (Å²) in [6.45, 7) is 2.37. The second-order valence-electron chi connectivity index (χ2n) is 5.23. The van der Waals surface area contributed by atoms with Crippen LogP contribution in [0.2, 0.25) is 0 Å². The molecule has 0 radical (unpaired) electrons. The van der Waals surface area contributed by atoms with Gasteiger partial charge in [-0.05, 0) is 13.3 Å². The molecule has 0 unspecified atom stereocenters. The highest BCUT2D eigenvalue weighted by Gasteiger charge is 2.48. The molecule has 0 saturated carbocycles. The quantitative estimate of drug-likeness (QED) is 0.514. The summed E-state index contributed by atoms with van der Waals surface area (Å²) in [5.74, 6) is -0.800. The van der Waals surface area contributed by atoms with Gasteiger partial charge >= 0.3 is 6.09 Å². The highest BCUT2D eigenvalue weighted by molar-refractivity contribution is 5.74. The van der Waals surface area contributed by atoms with Gasteiger partial charge < -0.3 is 20.6 Å². The fourth-order valence-corrected chi connectivity index (χ4v) is 2.94. The van der Waals surface area contributed by atoms with E-state index in [2.05, 4.69) is 5.32 Å². The van der Waals surface area contributed by atoms with E-state index in [-0.39, 0.29) is 12.3 Å². The van der Waals surface area contributed by atoms with Crippen LogP contribution >= 0.6 is 0 Å². The van der Waals surface area contributed by atoms with Crippen LogP contribution in [0.5, 0.6) is 0 Å². The fraction of sp³-hybridized carbons (Fsp3) is 0.643. The number of hydrogen-bond donors (Lipinski definition) is 4. The Morgan fingerprint density at radius 2 is 2.18 bits per heavy atom. The van der Waals surface area contributed by atoms with Crippen molar-refractivity contribution in [3.63, 3.8) is 0 Å². The highest BCUT2D eigenvalue weighted by atomic mass is 16.4. The van der Waals surface area contributed by atoms with Crippen LogP contribution in [0.15, 0.2) is 12.2 Å². The van der Waals surface area contributed by atoms with E-state index in [1.807, 2.05) is 6.07 Å². The summed E-state index contributed by atoms with van der Waals surface area (Å²) in [6.07, 6.45) is 1.11. The van der Waals surface area contributed by atoms with Gasteiger partial charge in [0.15, 0.2) is 0 Å². The maximum Gasteiger partial charge on any atom is 0.408 e. The molecule has 22 heavy (non-hydrogen) atoms. The van der Waals surface area contributed by atoms with Crippen LogP contribution in [-0.2, 0) is 4.79 Å². The summed E-state index contributed by atoms with van der Waals surface area (Å²) in [6, 6.07) is -0.767. The minimum atomic E-state index is -1.33. The molecule has 5 atom stereocenters. The second kappa shape index (κ2) is 7.77. The van der Waals surface area contributed by atoms with Crippen molar-refractivity contribution in [1.29, 1.82) is 5.26 Å². The first kappa shape index (κ1) is 17.9. The molecule has 1 fully saturated rings. The topological polar surface area (TPSA) is 134 Å². The third-order valence-corrected chi connectivity index (χ3v) is 3.74. The number of carboxylic acid groups (broad SMARTS) is 1. The molecule has 0 aromatic rings. The number of nitrogens with zero attached hydrogens (tertiary/aromatic N) is 2. The lowest BCUT2D eigenvalue weighted by Gasteiger charge is -2.35. The Kier molecular flexibility index (Phi) is 6.34. The number of rotatable bonds is 5. The predicted octanol–water partition coefficient (Wildman–Crippen LogP) is -0.319. The van der Waals surface area contributed by atoms with Crippen molar-refractivity contribution in [3.8, 4) is 6.07 Å². The Bertz CT molecular complexity index is 487. The van der Waals surface area contributed by atoms with Crippen LogP contribution in [0, 0.1) is 17.2 Å². The van der Waals surface area contributed by atoms with E-state index in [0.717, 1.165) is 4.90 Å². The molecule has 0 spiro atoms. The number of nitriles is 1. The van der Waals surface area contributed by atoms with E-state index in [4.69, 9.17) is 0 Å². The first-order chi connectivity index (χ1) is 10.4. The lowest BCUT2D eigenvalue weighted by atomic mass is 9.90. The zero-order chi connectivity index (χ0) is 16.9. The Labute approximate surface area is 128 Å². The van der Waals surface area contributed by atoms with E-state index in [0.29, 0.717) is 0 Å². The van der Waals surface area contributed by atoms with Gasteiger partial charge in [0.05, 0.1) is 30.9 Å². The third kappa shape index (κ3) is 3.75. The molecule has 1 heterocycles. The van der Waals surface area contributed by atoms with Crippen molar-refractivity contribution in [3.05, 3.63) is 12.2 Å². The Balaban J connectivity index is 3.26. The van der Waals surface area contributed by atoms with Crippen LogP contribution in [0.25, 0.3) is 0 Å². The molecule has 0 aromatic heterocycles. The predicted molar refractivity (Wildman–Crippen MR) is 76.7 cm³/mol. The molecular weight excluding hydrogens is 290 g/mol. The monoisotopic (exact) mass is 311 g/mol. The molecular formula is C14H21N3O5. The van der Waals surface area contributed by atoms with Crippen molar-refractivity contribution in [1.82, 2.24) is 10.2 Å². The van der Waals surface area contributed by atoms with Gasteiger partial charge in [-0.1, -0.05) is 12.2 Å². The van der Waals surface area contributed by atoms with Crippen LogP contribution in [-0.4, -0.2) is 63.1 Å². The van der Waals surface area contributed by atoms with E-state index in [1.165, 1.54) is 6.92 Å². The Morgan fingerprint density at radius 1 is 1.55 bits per heavy atom. The molecule has 2 amide bonds. The standard InChI is InChI=1S/C14H21N3O5/c1-3-4-9-5-10(6-15)17(14(21)22)13(9)12(11(20)7-18)16-8(2)19/h3-4,9-13,18,20H,5,7H2,1-2H3,(H,16,19)(H,21,22)/b4-3-/t9-,10-,11-,12+,13-/m1/s1. The lowest BCUT2D eigenvalue weighted by Crippen LogP contribution is -2.59. The molecule has 1 aliphatic rings.